The second kappa shape index (κ2) is 11.4. The predicted molar refractivity (Wildman–Crippen MR) is 127 cm³/mol. The van der Waals surface area contributed by atoms with E-state index in [-0.39, 0.29) is 12.4 Å². The van der Waals surface area contributed by atoms with Gasteiger partial charge in [-0.2, -0.15) is 0 Å². The maximum Gasteiger partial charge on any atom is 0.159 e. The van der Waals surface area contributed by atoms with E-state index in [1.807, 2.05) is 6.07 Å². The summed E-state index contributed by atoms with van der Waals surface area (Å²) >= 11 is 0. The molecule has 0 spiro atoms. The number of unbranched alkanes of at least 4 members (excludes halogenated alkanes) is 1. The lowest BCUT2D eigenvalue weighted by Crippen LogP contribution is -2.25. The fraction of sp³-hybridized carbons (Fsp3) is 0.586. The van der Waals surface area contributed by atoms with Gasteiger partial charge >= 0.3 is 0 Å². The van der Waals surface area contributed by atoms with Crippen molar-refractivity contribution in [1.29, 1.82) is 0 Å². The van der Waals surface area contributed by atoms with E-state index in [4.69, 9.17) is 4.74 Å². The maximum absolute atomic E-state index is 14.3. The number of rotatable bonds is 8. The molecular formula is C29H37F3O. The van der Waals surface area contributed by atoms with E-state index in [0.717, 1.165) is 48.3 Å². The molecule has 0 N–H and O–H groups in total. The van der Waals surface area contributed by atoms with E-state index >= 15 is 0 Å². The highest BCUT2D eigenvalue weighted by Crippen LogP contribution is 2.45. The Labute approximate surface area is 196 Å². The molecule has 0 radical (unpaired) electrons. The lowest BCUT2D eigenvalue weighted by atomic mass is 9.68. The Kier molecular flexibility index (Phi) is 8.38. The van der Waals surface area contributed by atoms with Gasteiger partial charge < -0.3 is 4.74 Å². The summed E-state index contributed by atoms with van der Waals surface area (Å²) in [6, 6.07) is 8.61. The number of hydrogen-bond acceptors (Lipinski definition) is 1. The molecule has 4 heteroatoms. The summed E-state index contributed by atoms with van der Waals surface area (Å²) in [5.41, 5.74) is 1.52. The fourth-order valence-corrected chi connectivity index (χ4v) is 6.06. The minimum Gasteiger partial charge on any atom is -0.489 e. The second-order valence-corrected chi connectivity index (χ2v) is 10.3. The molecule has 0 atom stereocenters. The highest BCUT2D eigenvalue weighted by Gasteiger charge is 2.31. The van der Waals surface area contributed by atoms with Crippen LogP contribution in [0.1, 0.15) is 94.6 Å². The molecule has 0 aromatic heterocycles. The van der Waals surface area contributed by atoms with Gasteiger partial charge in [-0.15, -0.1) is 0 Å². The molecular weight excluding hydrogens is 421 g/mol. The molecule has 0 bridgehead atoms. The zero-order valence-corrected chi connectivity index (χ0v) is 19.8. The highest BCUT2D eigenvalue weighted by atomic mass is 19.2. The summed E-state index contributed by atoms with van der Waals surface area (Å²) in [6.45, 7) is 2.36. The van der Waals surface area contributed by atoms with Gasteiger partial charge in [0, 0.05) is 6.07 Å². The van der Waals surface area contributed by atoms with Crippen LogP contribution in [0.5, 0.6) is 5.75 Å². The van der Waals surface area contributed by atoms with Crippen LogP contribution in [0.25, 0.3) is 0 Å². The average Bonchev–Trinajstić information content (AvgIpc) is 2.83. The van der Waals surface area contributed by atoms with E-state index in [2.05, 4.69) is 6.92 Å². The van der Waals surface area contributed by atoms with Crippen molar-refractivity contribution in [3.05, 3.63) is 65.0 Å². The standard InChI is InChI=1S/C29H37F3O/c1-2-3-4-20-5-8-22(9-6-20)23-10-12-24(13-11-23)25-16-26(30)18-27(17-25)33-19-21-7-14-28(31)29(32)15-21/h7,14-18,20,22-24H,2-6,8-13,19H2,1H3. The van der Waals surface area contributed by atoms with Crippen LogP contribution in [-0.4, -0.2) is 0 Å². The minimum atomic E-state index is -0.901. The molecule has 0 amide bonds. The molecule has 2 saturated carbocycles. The van der Waals surface area contributed by atoms with Gasteiger partial charge in [0.25, 0.3) is 0 Å². The van der Waals surface area contributed by atoms with Crippen molar-refractivity contribution in [1.82, 2.24) is 0 Å². The normalized spacial score (nSPS) is 25.7. The van der Waals surface area contributed by atoms with Gasteiger partial charge in [-0.3, -0.25) is 0 Å². The minimum absolute atomic E-state index is 0.0771. The Bertz CT molecular complexity index is 896. The van der Waals surface area contributed by atoms with Crippen molar-refractivity contribution >= 4 is 0 Å². The van der Waals surface area contributed by atoms with Gasteiger partial charge in [0.1, 0.15) is 18.2 Å². The molecule has 2 aromatic carbocycles. The number of halogens is 3. The monoisotopic (exact) mass is 458 g/mol. The second-order valence-electron chi connectivity index (χ2n) is 10.3. The molecule has 33 heavy (non-hydrogen) atoms. The molecule has 0 saturated heterocycles. The van der Waals surface area contributed by atoms with E-state index in [1.54, 1.807) is 6.07 Å². The number of benzene rings is 2. The first kappa shape index (κ1) is 24.2. The smallest absolute Gasteiger partial charge is 0.159 e. The van der Waals surface area contributed by atoms with E-state index in [0.29, 0.717) is 17.2 Å². The van der Waals surface area contributed by atoms with Gasteiger partial charge in [0.2, 0.25) is 0 Å². The Morgan fingerprint density at radius 2 is 1.48 bits per heavy atom. The molecule has 1 nitrogen and oxygen atoms in total. The van der Waals surface area contributed by atoms with Crippen molar-refractivity contribution in [3.8, 4) is 5.75 Å². The van der Waals surface area contributed by atoms with Gasteiger partial charge in [-0.25, -0.2) is 13.2 Å². The summed E-state index contributed by atoms with van der Waals surface area (Å²) in [7, 11) is 0. The summed E-state index contributed by atoms with van der Waals surface area (Å²) < 4.78 is 46.6. The summed E-state index contributed by atoms with van der Waals surface area (Å²) in [4.78, 5) is 0. The third-order valence-corrected chi connectivity index (χ3v) is 8.05. The average molecular weight is 459 g/mol. The van der Waals surface area contributed by atoms with Crippen LogP contribution >= 0.6 is 0 Å². The molecule has 0 unspecified atom stereocenters. The van der Waals surface area contributed by atoms with E-state index in [9.17, 15) is 13.2 Å². The van der Waals surface area contributed by atoms with Crippen LogP contribution in [0, 0.1) is 35.2 Å². The predicted octanol–water partition coefficient (Wildman–Crippen LogP) is 8.95. The Hall–Kier alpha value is -1.97. The van der Waals surface area contributed by atoms with E-state index < -0.39 is 11.6 Å². The van der Waals surface area contributed by atoms with E-state index in [1.165, 1.54) is 69.9 Å². The van der Waals surface area contributed by atoms with Crippen LogP contribution in [0.3, 0.4) is 0 Å². The molecule has 180 valence electrons. The van der Waals surface area contributed by atoms with Gasteiger partial charge in [0.05, 0.1) is 0 Å². The van der Waals surface area contributed by atoms with Crippen LogP contribution in [0.4, 0.5) is 13.2 Å². The summed E-state index contributed by atoms with van der Waals surface area (Å²) in [5.74, 6) is 1.38. The number of hydrogen-bond donors (Lipinski definition) is 0. The Morgan fingerprint density at radius 1 is 0.788 bits per heavy atom. The van der Waals surface area contributed by atoms with Gasteiger partial charge in [0.15, 0.2) is 11.6 Å². The zero-order valence-electron chi connectivity index (χ0n) is 19.8. The number of ether oxygens (including phenoxy) is 1. The molecule has 4 rings (SSSR count). The maximum atomic E-state index is 14.3. The lowest BCUT2D eigenvalue weighted by molar-refractivity contribution is 0.155. The SMILES string of the molecule is CCCCC1CCC(C2CCC(c3cc(F)cc(OCc4ccc(F)c(F)c4)c3)CC2)CC1. The van der Waals surface area contributed by atoms with Crippen molar-refractivity contribution in [2.45, 2.75) is 90.1 Å². The topological polar surface area (TPSA) is 9.23 Å². The first-order valence-corrected chi connectivity index (χ1v) is 12.9. The highest BCUT2D eigenvalue weighted by molar-refractivity contribution is 5.32. The van der Waals surface area contributed by atoms with Gasteiger partial charge in [-0.05, 0) is 97.6 Å². The summed E-state index contributed by atoms with van der Waals surface area (Å²) in [6.07, 6.45) is 14.4. The van der Waals surface area contributed by atoms with Crippen molar-refractivity contribution < 1.29 is 17.9 Å². The zero-order chi connectivity index (χ0) is 23.2. The molecule has 0 aliphatic heterocycles. The first-order chi connectivity index (χ1) is 16.0. The Balaban J connectivity index is 1.29. The molecule has 2 fully saturated rings. The van der Waals surface area contributed by atoms with Crippen molar-refractivity contribution in [3.63, 3.8) is 0 Å². The van der Waals surface area contributed by atoms with Crippen LogP contribution in [0.15, 0.2) is 36.4 Å². The summed E-state index contributed by atoms with van der Waals surface area (Å²) in [5, 5.41) is 0. The fourth-order valence-electron chi connectivity index (χ4n) is 6.06. The molecule has 2 aliphatic rings. The molecule has 0 heterocycles. The quantitative estimate of drug-likeness (QED) is 0.383. The molecule has 2 aromatic rings. The first-order valence-electron chi connectivity index (χ1n) is 12.9. The van der Waals surface area contributed by atoms with Gasteiger partial charge in [-0.1, -0.05) is 45.1 Å². The third-order valence-electron chi connectivity index (χ3n) is 8.05. The Morgan fingerprint density at radius 3 is 2.15 bits per heavy atom. The van der Waals surface area contributed by atoms with Crippen molar-refractivity contribution in [2.24, 2.45) is 17.8 Å². The van der Waals surface area contributed by atoms with Crippen molar-refractivity contribution in [2.75, 3.05) is 0 Å². The van der Waals surface area contributed by atoms with Crippen LogP contribution in [-0.2, 0) is 6.61 Å². The van der Waals surface area contributed by atoms with Crippen LogP contribution < -0.4 is 4.74 Å². The van der Waals surface area contributed by atoms with Crippen LogP contribution in [0.2, 0.25) is 0 Å². The molecule has 2 aliphatic carbocycles. The third kappa shape index (κ3) is 6.55. The largest absolute Gasteiger partial charge is 0.489 e. The lowest BCUT2D eigenvalue weighted by Gasteiger charge is -2.38.